The predicted molar refractivity (Wildman–Crippen MR) is 52.6 cm³/mol. The van der Waals surface area contributed by atoms with Crippen LogP contribution in [0.3, 0.4) is 0 Å². The molecule has 13 heavy (non-hydrogen) atoms. The Balaban J connectivity index is 2.10. The first kappa shape index (κ1) is 11.0. The van der Waals surface area contributed by atoms with Gasteiger partial charge in [0.1, 0.15) is 0 Å². The van der Waals surface area contributed by atoms with Crippen molar-refractivity contribution in [3.63, 3.8) is 0 Å². The van der Waals surface area contributed by atoms with E-state index < -0.39 is 12.2 Å². The van der Waals surface area contributed by atoms with Crippen molar-refractivity contribution in [2.24, 2.45) is 0 Å². The molecule has 2 atom stereocenters. The van der Waals surface area contributed by atoms with E-state index in [2.05, 4.69) is 5.32 Å². The molecule has 0 heterocycles. The van der Waals surface area contributed by atoms with Gasteiger partial charge in [0.15, 0.2) is 0 Å². The van der Waals surface area contributed by atoms with E-state index >= 15 is 0 Å². The maximum Gasteiger partial charge on any atom is 0.0920 e. The van der Waals surface area contributed by atoms with Crippen molar-refractivity contribution in [1.29, 1.82) is 0 Å². The Morgan fingerprint density at radius 3 is 2.38 bits per heavy atom. The minimum absolute atomic E-state index is 0.516. The second kappa shape index (κ2) is 5.58. The summed E-state index contributed by atoms with van der Waals surface area (Å²) in [7, 11) is 0. The lowest BCUT2D eigenvalue weighted by molar-refractivity contribution is 0.0295. The van der Waals surface area contributed by atoms with E-state index in [0.717, 1.165) is 0 Å². The summed E-state index contributed by atoms with van der Waals surface area (Å²) >= 11 is 0. The molecule has 0 spiro atoms. The fraction of sp³-hybridized carbons (Fsp3) is 1.00. The van der Waals surface area contributed by atoms with Gasteiger partial charge in [-0.15, -0.1) is 0 Å². The molecule has 1 fully saturated rings. The second-order valence-corrected chi connectivity index (χ2v) is 4.05. The van der Waals surface area contributed by atoms with Gasteiger partial charge in [-0.2, -0.15) is 0 Å². The smallest absolute Gasteiger partial charge is 0.0920 e. The van der Waals surface area contributed by atoms with Gasteiger partial charge in [-0.05, 0) is 19.8 Å². The summed E-state index contributed by atoms with van der Waals surface area (Å²) in [6.07, 6.45) is 5.11. The molecule has 0 radical (unpaired) electrons. The Kier molecular flexibility index (Phi) is 4.70. The van der Waals surface area contributed by atoms with Gasteiger partial charge in [0.25, 0.3) is 0 Å². The summed E-state index contributed by atoms with van der Waals surface area (Å²) in [5, 5.41) is 21.7. The van der Waals surface area contributed by atoms with Gasteiger partial charge in [-0.3, -0.25) is 0 Å². The molecule has 0 aromatic carbocycles. The molecule has 78 valence electrons. The Morgan fingerprint density at radius 2 is 1.85 bits per heavy atom. The minimum Gasteiger partial charge on any atom is -0.391 e. The number of aliphatic hydroxyl groups is 2. The van der Waals surface area contributed by atoms with Gasteiger partial charge in [0.2, 0.25) is 0 Å². The van der Waals surface area contributed by atoms with Crippen LogP contribution in [0.25, 0.3) is 0 Å². The summed E-state index contributed by atoms with van der Waals surface area (Å²) < 4.78 is 0. The number of aliphatic hydroxyl groups excluding tert-OH is 2. The van der Waals surface area contributed by atoms with Gasteiger partial charge in [-0.25, -0.2) is 0 Å². The van der Waals surface area contributed by atoms with Crippen LogP contribution >= 0.6 is 0 Å². The highest BCUT2D eigenvalue weighted by molar-refractivity contribution is 4.74. The van der Waals surface area contributed by atoms with Crippen LogP contribution in [0.1, 0.15) is 39.0 Å². The van der Waals surface area contributed by atoms with Gasteiger partial charge < -0.3 is 15.5 Å². The molecule has 3 N–H and O–H groups in total. The van der Waals surface area contributed by atoms with Crippen molar-refractivity contribution in [2.45, 2.75) is 57.3 Å². The van der Waals surface area contributed by atoms with Crippen molar-refractivity contribution in [3.05, 3.63) is 0 Å². The van der Waals surface area contributed by atoms with Crippen molar-refractivity contribution < 1.29 is 10.2 Å². The molecular weight excluding hydrogens is 166 g/mol. The molecule has 1 saturated carbocycles. The average molecular weight is 187 g/mol. The molecular formula is C10H21NO2. The first-order valence-corrected chi connectivity index (χ1v) is 5.29. The maximum absolute atomic E-state index is 9.34. The maximum atomic E-state index is 9.34. The molecule has 2 unspecified atom stereocenters. The van der Waals surface area contributed by atoms with E-state index in [4.69, 9.17) is 5.11 Å². The molecule has 1 aliphatic rings. The molecule has 1 aliphatic carbocycles. The zero-order valence-corrected chi connectivity index (χ0v) is 8.37. The van der Waals surface area contributed by atoms with E-state index in [-0.39, 0.29) is 0 Å². The van der Waals surface area contributed by atoms with Crippen molar-refractivity contribution in [2.75, 3.05) is 6.54 Å². The molecule has 0 aromatic rings. The molecule has 0 aromatic heterocycles. The summed E-state index contributed by atoms with van der Waals surface area (Å²) in [4.78, 5) is 0. The Morgan fingerprint density at radius 1 is 1.23 bits per heavy atom. The molecule has 3 nitrogen and oxygen atoms in total. The van der Waals surface area contributed by atoms with Crippen LogP contribution in [0.4, 0.5) is 0 Å². The lowest BCUT2D eigenvalue weighted by Crippen LogP contribution is -2.40. The Hall–Kier alpha value is -0.120. The lowest BCUT2D eigenvalue weighted by atomic mass is 9.95. The highest BCUT2D eigenvalue weighted by atomic mass is 16.3. The summed E-state index contributed by atoms with van der Waals surface area (Å²) in [6, 6.07) is 0.558. The Labute approximate surface area is 80.2 Å². The summed E-state index contributed by atoms with van der Waals surface area (Å²) in [5.74, 6) is 0. The molecule has 0 amide bonds. The molecule has 0 aliphatic heterocycles. The van der Waals surface area contributed by atoms with Crippen LogP contribution < -0.4 is 5.32 Å². The van der Waals surface area contributed by atoms with Crippen molar-refractivity contribution in [1.82, 2.24) is 5.32 Å². The lowest BCUT2D eigenvalue weighted by Gasteiger charge is -2.24. The summed E-state index contributed by atoms with van der Waals surface area (Å²) in [6.45, 7) is 2.13. The molecule has 0 saturated heterocycles. The zero-order chi connectivity index (χ0) is 9.68. The summed E-state index contributed by atoms with van der Waals surface area (Å²) in [5.41, 5.74) is 0. The predicted octanol–water partition coefficient (Wildman–Crippen LogP) is 0.650. The fourth-order valence-corrected chi connectivity index (χ4v) is 1.76. The molecule has 0 bridgehead atoms. The van der Waals surface area contributed by atoms with Gasteiger partial charge in [0, 0.05) is 12.6 Å². The third-order valence-corrected chi connectivity index (χ3v) is 2.78. The largest absolute Gasteiger partial charge is 0.391 e. The Bertz CT molecular complexity index is 133. The third-order valence-electron chi connectivity index (χ3n) is 2.78. The highest BCUT2D eigenvalue weighted by Gasteiger charge is 2.16. The van der Waals surface area contributed by atoms with Crippen molar-refractivity contribution >= 4 is 0 Å². The van der Waals surface area contributed by atoms with E-state index in [0.29, 0.717) is 12.6 Å². The number of hydrogen-bond acceptors (Lipinski definition) is 3. The first-order valence-electron chi connectivity index (χ1n) is 5.29. The molecule has 3 heteroatoms. The normalized spacial score (nSPS) is 24.2. The van der Waals surface area contributed by atoms with E-state index in [1.54, 1.807) is 6.92 Å². The van der Waals surface area contributed by atoms with Gasteiger partial charge >= 0.3 is 0 Å². The second-order valence-electron chi connectivity index (χ2n) is 4.05. The third kappa shape index (κ3) is 4.07. The SMILES string of the molecule is CC(O)C(O)CNC1CCCCC1. The van der Waals surface area contributed by atoms with E-state index in [1.165, 1.54) is 32.1 Å². The van der Waals surface area contributed by atoms with Crippen LogP contribution in [0.2, 0.25) is 0 Å². The topological polar surface area (TPSA) is 52.5 Å². The van der Waals surface area contributed by atoms with Crippen LogP contribution in [-0.4, -0.2) is 35.0 Å². The monoisotopic (exact) mass is 187 g/mol. The minimum atomic E-state index is -0.629. The van der Waals surface area contributed by atoms with Crippen LogP contribution in [0.5, 0.6) is 0 Å². The quantitative estimate of drug-likeness (QED) is 0.605. The fourth-order valence-electron chi connectivity index (χ4n) is 1.76. The number of nitrogens with one attached hydrogen (secondary N) is 1. The first-order chi connectivity index (χ1) is 6.20. The van der Waals surface area contributed by atoms with Crippen LogP contribution in [0.15, 0.2) is 0 Å². The standard InChI is InChI=1S/C10H21NO2/c1-8(12)10(13)7-11-9-5-3-2-4-6-9/h8-13H,2-7H2,1H3. The zero-order valence-electron chi connectivity index (χ0n) is 8.37. The molecule has 1 rings (SSSR count). The average Bonchev–Trinajstić information content (AvgIpc) is 2.15. The number of hydrogen-bond donors (Lipinski definition) is 3. The van der Waals surface area contributed by atoms with E-state index in [1.807, 2.05) is 0 Å². The van der Waals surface area contributed by atoms with Crippen LogP contribution in [-0.2, 0) is 0 Å². The highest BCUT2D eigenvalue weighted by Crippen LogP contribution is 2.17. The van der Waals surface area contributed by atoms with Crippen molar-refractivity contribution in [3.8, 4) is 0 Å². The number of rotatable bonds is 4. The van der Waals surface area contributed by atoms with Gasteiger partial charge in [-0.1, -0.05) is 19.3 Å². The van der Waals surface area contributed by atoms with E-state index in [9.17, 15) is 5.11 Å². The van der Waals surface area contributed by atoms with Crippen LogP contribution in [0, 0.1) is 0 Å². The van der Waals surface area contributed by atoms with Gasteiger partial charge in [0.05, 0.1) is 12.2 Å².